The van der Waals surface area contributed by atoms with E-state index in [0.717, 1.165) is 44.2 Å². The molecule has 0 nitrogen and oxygen atoms in total. The summed E-state index contributed by atoms with van der Waals surface area (Å²) in [5.74, 6) is -2.46. The van der Waals surface area contributed by atoms with Crippen molar-refractivity contribution in [2.75, 3.05) is 0 Å². The van der Waals surface area contributed by atoms with Crippen LogP contribution in [0.5, 0.6) is 0 Å². The Hall–Kier alpha value is -0.510. The average molecular weight is 321 g/mol. The molecule has 1 atom stereocenters. The van der Waals surface area contributed by atoms with Gasteiger partial charge in [-0.05, 0) is 24.7 Å². The molecule has 0 aromatic heterocycles. The topological polar surface area (TPSA) is 0 Å². The fraction of sp³-hybridized carbons (Fsp3) is 0.571. The van der Waals surface area contributed by atoms with Crippen LogP contribution in [0.25, 0.3) is 0 Å². The van der Waals surface area contributed by atoms with Crippen molar-refractivity contribution in [1.29, 1.82) is 0 Å². The Kier molecular flexibility index (Phi) is 4.05. The standard InChI is InChI=1S/C14H16BrF3/c1-2-14(5-3-4-6-14)13(15)12-10(17)7-9(16)8-11(12)18/h7-8,13H,2-6H2,1H3. The fourth-order valence-electron chi connectivity index (χ4n) is 2.97. The average Bonchev–Trinajstić information content (AvgIpc) is 2.77. The molecule has 18 heavy (non-hydrogen) atoms. The van der Waals surface area contributed by atoms with E-state index in [2.05, 4.69) is 15.9 Å². The summed E-state index contributed by atoms with van der Waals surface area (Å²) in [5, 5.41) is 0. The van der Waals surface area contributed by atoms with Crippen LogP contribution in [-0.2, 0) is 0 Å². The molecule has 1 fully saturated rings. The van der Waals surface area contributed by atoms with Gasteiger partial charge in [-0.1, -0.05) is 35.7 Å². The highest BCUT2D eigenvalue weighted by Crippen LogP contribution is 2.54. The number of rotatable bonds is 3. The van der Waals surface area contributed by atoms with Gasteiger partial charge in [-0.3, -0.25) is 0 Å². The van der Waals surface area contributed by atoms with Crippen LogP contribution in [0.2, 0.25) is 0 Å². The summed E-state index contributed by atoms with van der Waals surface area (Å²) in [6.45, 7) is 2.04. The molecule has 0 N–H and O–H groups in total. The second kappa shape index (κ2) is 5.24. The van der Waals surface area contributed by atoms with Gasteiger partial charge < -0.3 is 0 Å². The van der Waals surface area contributed by atoms with Crippen molar-refractivity contribution in [2.24, 2.45) is 5.41 Å². The van der Waals surface area contributed by atoms with Crippen LogP contribution >= 0.6 is 15.9 Å². The van der Waals surface area contributed by atoms with Gasteiger partial charge in [0.25, 0.3) is 0 Å². The first-order valence-electron chi connectivity index (χ1n) is 6.28. The Morgan fingerprint density at radius 2 is 1.67 bits per heavy atom. The smallest absolute Gasteiger partial charge is 0.133 e. The number of alkyl halides is 1. The van der Waals surface area contributed by atoms with E-state index in [1.54, 1.807) is 0 Å². The third-order valence-electron chi connectivity index (χ3n) is 4.14. The van der Waals surface area contributed by atoms with E-state index < -0.39 is 22.3 Å². The van der Waals surface area contributed by atoms with Gasteiger partial charge in [0.2, 0.25) is 0 Å². The summed E-state index contributed by atoms with van der Waals surface area (Å²) < 4.78 is 40.6. The molecule has 1 saturated carbocycles. The zero-order valence-electron chi connectivity index (χ0n) is 10.3. The minimum Gasteiger partial charge on any atom is -0.207 e. The zero-order chi connectivity index (χ0) is 13.3. The lowest BCUT2D eigenvalue weighted by Crippen LogP contribution is -2.23. The van der Waals surface area contributed by atoms with Crippen LogP contribution in [0.15, 0.2) is 12.1 Å². The summed E-state index contributed by atoms with van der Waals surface area (Å²) in [5.41, 5.74) is -0.139. The van der Waals surface area contributed by atoms with Crippen molar-refractivity contribution in [1.82, 2.24) is 0 Å². The van der Waals surface area contributed by atoms with Gasteiger partial charge in [0, 0.05) is 17.7 Å². The molecule has 1 unspecified atom stereocenters. The Bertz CT molecular complexity index is 416. The van der Waals surface area contributed by atoms with Gasteiger partial charge in [0.15, 0.2) is 0 Å². The van der Waals surface area contributed by atoms with Gasteiger partial charge >= 0.3 is 0 Å². The van der Waals surface area contributed by atoms with Crippen molar-refractivity contribution < 1.29 is 13.2 Å². The molecule has 0 saturated heterocycles. The zero-order valence-corrected chi connectivity index (χ0v) is 11.9. The number of halogens is 4. The summed E-state index contributed by atoms with van der Waals surface area (Å²) in [6.07, 6.45) is 4.94. The van der Waals surface area contributed by atoms with Crippen LogP contribution in [0.4, 0.5) is 13.2 Å². The third kappa shape index (κ3) is 2.31. The first-order valence-corrected chi connectivity index (χ1v) is 7.20. The summed E-state index contributed by atoms with van der Waals surface area (Å²) >= 11 is 3.45. The van der Waals surface area contributed by atoms with Crippen LogP contribution in [-0.4, -0.2) is 0 Å². The Labute approximate surface area is 114 Å². The molecule has 100 valence electrons. The molecule has 0 heterocycles. The van der Waals surface area contributed by atoms with Gasteiger partial charge in [0.05, 0.1) is 4.83 Å². The lowest BCUT2D eigenvalue weighted by atomic mass is 9.77. The van der Waals surface area contributed by atoms with Crippen molar-refractivity contribution in [3.05, 3.63) is 35.1 Å². The van der Waals surface area contributed by atoms with E-state index in [0.29, 0.717) is 0 Å². The van der Waals surface area contributed by atoms with E-state index in [9.17, 15) is 13.2 Å². The predicted molar refractivity (Wildman–Crippen MR) is 69.2 cm³/mol. The minimum atomic E-state index is -0.870. The molecule has 4 heteroatoms. The molecule has 0 spiro atoms. The van der Waals surface area contributed by atoms with E-state index in [-0.39, 0.29) is 11.0 Å². The van der Waals surface area contributed by atoms with E-state index in [4.69, 9.17) is 0 Å². The molecule has 0 amide bonds. The highest BCUT2D eigenvalue weighted by molar-refractivity contribution is 9.09. The van der Waals surface area contributed by atoms with Crippen molar-refractivity contribution in [3.63, 3.8) is 0 Å². The van der Waals surface area contributed by atoms with E-state index in [1.165, 1.54) is 0 Å². The molecule has 1 aromatic carbocycles. The Morgan fingerprint density at radius 1 is 1.17 bits per heavy atom. The van der Waals surface area contributed by atoms with Crippen LogP contribution in [0.3, 0.4) is 0 Å². The maximum Gasteiger partial charge on any atom is 0.133 e. The Balaban J connectivity index is 2.42. The minimum absolute atomic E-state index is 0.0276. The van der Waals surface area contributed by atoms with Gasteiger partial charge in [-0.25, -0.2) is 13.2 Å². The van der Waals surface area contributed by atoms with Gasteiger partial charge in [-0.15, -0.1) is 0 Å². The van der Waals surface area contributed by atoms with Crippen molar-refractivity contribution >= 4 is 15.9 Å². The number of benzene rings is 1. The number of hydrogen-bond acceptors (Lipinski definition) is 0. The highest BCUT2D eigenvalue weighted by atomic mass is 79.9. The molecular formula is C14H16BrF3. The maximum absolute atomic E-state index is 13.8. The van der Waals surface area contributed by atoms with Crippen LogP contribution < -0.4 is 0 Å². The SMILES string of the molecule is CCC1(C(Br)c2c(F)cc(F)cc2F)CCCC1. The first-order chi connectivity index (χ1) is 8.50. The van der Waals surface area contributed by atoms with E-state index >= 15 is 0 Å². The molecule has 0 radical (unpaired) electrons. The van der Waals surface area contributed by atoms with Crippen molar-refractivity contribution in [2.45, 2.75) is 43.9 Å². The molecular weight excluding hydrogens is 305 g/mol. The summed E-state index contributed by atoms with van der Waals surface area (Å²) in [4.78, 5) is -0.391. The number of hydrogen-bond donors (Lipinski definition) is 0. The second-order valence-corrected chi connectivity index (χ2v) is 5.98. The fourth-order valence-corrected chi connectivity index (χ4v) is 4.19. The highest BCUT2D eigenvalue weighted by Gasteiger charge is 2.41. The molecule has 0 aliphatic heterocycles. The normalized spacial score (nSPS) is 20.1. The quantitative estimate of drug-likeness (QED) is 0.644. The van der Waals surface area contributed by atoms with Crippen molar-refractivity contribution in [3.8, 4) is 0 Å². The second-order valence-electron chi connectivity index (χ2n) is 5.07. The van der Waals surface area contributed by atoms with Crippen LogP contribution in [0, 0.1) is 22.9 Å². The molecule has 1 aromatic rings. The molecule has 1 aliphatic rings. The summed E-state index contributed by atoms with van der Waals surface area (Å²) in [7, 11) is 0. The van der Waals surface area contributed by atoms with E-state index in [1.807, 2.05) is 6.92 Å². The predicted octanol–water partition coefficient (Wildman–Crippen LogP) is 5.51. The maximum atomic E-state index is 13.8. The van der Waals surface area contributed by atoms with Gasteiger partial charge in [-0.2, -0.15) is 0 Å². The molecule has 0 bridgehead atoms. The lowest BCUT2D eigenvalue weighted by Gasteiger charge is -2.33. The molecule has 1 aliphatic carbocycles. The molecule has 2 rings (SSSR count). The van der Waals surface area contributed by atoms with Crippen LogP contribution in [0.1, 0.15) is 49.4 Å². The van der Waals surface area contributed by atoms with Gasteiger partial charge in [0.1, 0.15) is 17.5 Å². The Morgan fingerprint density at radius 3 is 2.11 bits per heavy atom. The first kappa shape index (κ1) is 13.9. The summed E-state index contributed by atoms with van der Waals surface area (Å²) in [6, 6.07) is 1.51. The third-order valence-corrected chi connectivity index (χ3v) is 5.57. The largest absolute Gasteiger partial charge is 0.207 e. The lowest BCUT2D eigenvalue weighted by molar-refractivity contribution is 0.271. The monoisotopic (exact) mass is 320 g/mol.